The van der Waals surface area contributed by atoms with Gasteiger partial charge in [0.05, 0.1) is 5.02 Å². The molecule has 1 aromatic carbocycles. The first kappa shape index (κ1) is 8.29. The number of aromatic hydroxyl groups is 1. The van der Waals surface area contributed by atoms with Crippen LogP contribution in [0.25, 0.3) is 0 Å². The average molecular weight is 176 g/mol. The molecule has 0 aliphatic heterocycles. The van der Waals surface area contributed by atoms with Crippen molar-refractivity contribution in [3.63, 3.8) is 0 Å². The Morgan fingerprint density at radius 2 is 2.09 bits per heavy atom. The fraction of sp³-hybridized carbons (Fsp3) is 0. The molecule has 0 bridgehead atoms. The van der Waals surface area contributed by atoms with Crippen molar-refractivity contribution in [1.29, 1.82) is 0 Å². The molecule has 0 amide bonds. The fourth-order valence-electron chi connectivity index (χ4n) is 0.640. The van der Waals surface area contributed by atoms with E-state index in [4.69, 9.17) is 21.9 Å². The van der Waals surface area contributed by atoms with Crippen molar-refractivity contribution in [1.82, 2.24) is 0 Å². The van der Waals surface area contributed by atoms with Crippen LogP contribution in [0.3, 0.4) is 0 Å². The second-order valence-electron chi connectivity index (χ2n) is 1.97. The van der Waals surface area contributed by atoms with Crippen molar-refractivity contribution in [2.24, 2.45) is 0 Å². The van der Waals surface area contributed by atoms with Crippen molar-refractivity contribution in [2.75, 3.05) is 0 Å². The van der Waals surface area contributed by atoms with E-state index in [1.165, 1.54) is 18.2 Å². The zero-order valence-corrected chi connectivity index (χ0v) is 6.17. The Balaban J connectivity index is 3.05. The first-order valence-electron chi connectivity index (χ1n) is 2.83. The average Bonchev–Trinajstić information content (AvgIpc) is 1.94. The summed E-state index contributed by atoms with van der Waals surface area (Å²) in [5.41, 5.74) is 0.0628. The molecule has 4 nitrogen and oxygen atoms in total. The normalized spacial score (nSPS) is 13.0. The zero-order valence-electron chi connectivity index (χ0n) is 5.41. The lowest BCUT2D eigenvalue weighted by Crippen LogP contribution is -2.99. The predicted molar refractivity (Wildman–Crippen MR) is 38.9 cm³/mol. The molecule has 0 spiro atoms. The smallest absolute Gasteiger partial charge is 0.165 e. The molecule has 60 valence electrons. The van der Waals surface area contributed by atoms with Crippen molar-refractivity contribution in [3.8, 4) is 5.75 Å². The second-order valence-corrected chi connectivity index (χ2v) is 2.38. The van der Waals surface area contributed by atoms with Crippen molar-refractivity contribution in [3.05, 3.63) is 28.4 Å². The van der Waals surface area contributed by atoms with Crippen LogP contribution in [0.4, 0.5) is 5.69 Å². The van der Waals surface area contributed by atoms with Gasteiger partial charge in [-0.2, -0.15) is 5.23 Å². The summed E-state index contributed by atoms with van der Waals surface area (Å²) in [6.45, 7) is 0. The highest BCUT2D eigenvalue weighted by Gasteiger charge is 2.03. The Kier molecular flexibility index (Phi) is 2.31. The zero-order chi connectivity index (χ0) is 8.43. The Morgan fingerprint density at radius 1 is 1.45 bits per heavy atom. The standard InChI is InChI=1S/C6H6ClNO3/c7-5-3-4(8(10)11)1-2-6(5)9/h1-3,8-10H. The molecular formula is C6H6ClNO3. The quantitative estimate of drug-likeness (QED) is 0.429. The highest BCUT2D eigenvalue weighted by Crippen LogP contribution is 2.24. The predicted octanol–water partition coefficient (Wildman–Crippen LogP) is 0.449. The maximum atomic E-state index is 10.3. The molecule has 0 saturated heterocycles. The Bertz CT molecular complexity index is 264. The summed E-state index contributed by atoms with van der Waals surface area (Å²) in [7, 11) is 0. The summed E-state index contributed by atoms with van der Waals surface area (Å²) in [6, 6.07) is 3.72. The summed E-state index contributed by atoms with van der Waals surface area (Å²) in [4.78, 5) is 0. The van der Waals surface area contributed by atoms with Crippen LogP contribution < -0.4 is 5.23 Å². The van der Waals surface area contributed by atoms with E-state index in [9.17, 15) is 5.21 Å². The van der Waals surface area contributed by atoms with Crippen LogP contribution in [-0.4, -0.2) is 10.3 Å². The molecule has 0 fully saturated rings. The van der Waals surface area contributed by atoms with Crippen LogP contribution in [0.5, 0.6) is 5.75 Å². The summed E-state index contributed by atoms with van der Waals surface area (Å²) < 4.78 is 0. The number of rotatable bonds is 1. The van der Waals surface area contributed by atoms with Crippen molar-refractivity contribution >= 4 is 17.3 Å². The number of phenols is 1. The van der Waals surface area contributed by atoms with Crippen LogP contribution in [0.2, 0.25) is 5.02 Å². The van der Waals surface area contributed by atoms with E-state index in [0.717, 1.165) is 0 Å². The largest absolute Gasteiger partial charge is 0.595 e. The molecule has 0 saturated carbocycles. The highest BCUT2D eigenvalue weighted by molar-refractivity contribution is 6.32. The van der Waals surface area contributed by atoms with Gasteiger partial charge in [0.25, 0.3) is 0 Å². The molecule has 0 radical (unpaired) electrons. The van der Waals surface area contributed by atoms with Crippen LogP contribution in [0, 0.1) is 5.21 Å². The minimum Gasteiger partial charge on any atom is -0.595 e. The topological polar surface area (TPSA) is 68.0 Å². The van der Waals surface area contributed by atoms with Crippen molar-refractivity contribution < 1.29 is 15.5 Å². The maximum Gasteiger partial charge on any atom is 0.165 e. The van der Waals surface area contributed by atoms with Crippen LogP contribution in [0.1, 0.15) is 0 Å². The summed E-state index contributed by atoms with van der Waals surface area (Å²) >= 11 is 5.44. The van der Waals surface area contributed by atoms with E-state index in [0.29, 0.717) is 0 Å². The fourth-order valence-corrected chi connectivity index (χ4v) is 0.820. The van der Waals surface area contributed by atoms with E-state index < -0.39 is 5.23 Å². The van der Waals surface area contributed by atoms with E-state index in [1.807, 2.05) is 0 Å². The lowest BCUT2D eigenvalue weighted by Gasteiger charge is -2.11. The van der Waals surface area contributed by atoms with Gasteiger partial charge in [-0.3, -0.25) is 0 Å². The number of quaternary nitrogens is 1. The lowest BCUT2D eigenvalue weighted by molar-refractivity contribution is -0.991. The Labute approximate surface area is 67.8 Å². The van der Waals surface area contributed by atoms with Gasteiger partial charge in [0.1, 0.15) is 5.75 Å². The van der Waals surface area contributed by atoms with Crippen molar-refractivity contribution in [2.45, 2.75) is 0 Å². The number of halogens is 1. The molecule has 3 N–H and O–H groups in total. The molecule has 0 aromatic heterocycles. The molecule has 0 aliphatic rings. The first-order chi connectivity index (χ1) is 5.11. The summed E-state index contributed by atoms with van der Waals surface area (Å²) in [6.07, 6.45) is 0. The summed E-state index contributed by atoms with van der Waals surface area (Å²) in [5.74, 6) is -0.114. The molecule has 0 aliphatic carbocycles. The number of phenolic OH excluding ortho intramolecular Hbond substituents is 1. The van der Waals surface area contributed by atoms with Gasteiger partial charge in [-0.25, -0.2) is 5.21 Å². The van der Waals surface area contributed by atoms with Crippen LogP contribution >= 0.6 is 11.6 Å². The Morgan fingerprint density at radius 3 is 2.55 bits per heavy atom. The first-order valence-corrected chi connectivity index (χ1v) is 3.21. The Hall–Kier alpha value is -0.810. The highest BCUT2D eigenvalue weighted by atomic mass is 35.5. The molecule has 1 rings (SSSR count). The van der Waals surface area contributed by atoms with E-state index >= 15 is 0 Å². The molecule has 1 aromatic rings. The van der Waals surface area contributed by atoms with E-state index in [-0.39, 0.29) is 16.5 Å². The number of hydrogen-bond acceptors (Lipinski definition) is 3. The number of benzene rings is 1. The van der Waals surface area contributed by atoms with Crippen LogP contribution in [-0.2, 0) is 0 Å². The molecular weight excluding hydrogens is 170 g/mol. The van der Waals surface area contributed by atoms with Gasteiger partial charge < -0.3 is 10.3 Å². The maximum absolute atomic E-state index is 10.3. The van der Waals surface area contributed by atoms with Crippen LogP contribution in [0.15, 0.2) is 18.2 Å². The molecule has 5 heteroatoms. The SMILES string of the molecule is [O-][NH+](O)c1ccc(O)c(Cl)c1. The van der Waals surface area contributed by atoms with Gasteiger partial charge in [-0.1, -0.05) is 11.6 Å². The number of hydrogen-bond donors (Lipinski definition) is 3. The minimum atomic E-state index is -1.06. The van der Waals surface area contributed by atoms with Gasteiger partial charge in [-0.05, 0) is 6.07 Å². The van der Waals surface area contributed by atoms with Gasteiger partial charge in [0.15, 0.2) is 5.69 Å². The lowest BCUT2D eigenvalue weighted by atomic mass is 10.3. The molecule has 0 heterocycles. The second kappa shape index (κ2) is 3.06. The monoisotopic (exact) mass is 175 g/mol. The minimum absolute atomic E-state index is 0.0462. The van der Waals surface area contributed by atoms with Gasteiger partial charge in [0.2, 0.25) is 0 Å². The third-order valence-corrected chi connectivity index (χ3v) is 1.50. The molecule has 1 atom stereocenters. The summed E-state index contributed by atoms with van der Waals surface area (Å²) in [5, 5.41) is 26.7. The van der Waals surface area contributed by atoms with Gasteiger partial charge >= 0.3 is 0 Å². The van der Waals surface area contributed by atoms with E-state index in [2.05, 4.69) is 0 Å². The van der Waals surface area contributed by atoms with Gasteiger partial charge in [-0.15, -0.1) is 0 Å². The molecule has 11 heavy (non-hydrogen) atoms. The third-order valence-electron chi connectivity index (χ3n) is 1.19. The van der Waals surface area contributed by atoms with Gasteiger partial charge in [0, 0.05) is 12.1 Å². The third kappa shape index (κ3) is 1.81. The number of nitrogens with one attached hydrogen (secondary N) is 1. The molecule has 1 unspecified atom stereocenters. The van der Waals surface area contributed by atoms with E-state index in [1.54, 1.807) is 0 Å².